The number of rotatable bonds is 4. The topological polar surface area (TPSA) is 74.8 Å². The molecule has 0 aliphatic carbocycles. The van der Waals surface area contributed by atoms with Gasteiger partial charge < -0.3 is 9.52 Å². The Bertz CT molecular complexity index is 903. The lowest BCUT2D eigenvalue weighted by Crippen LogP contribution is -2.17. The molecule has 0 aliphatic rings. The maximum Gasteiger partial charge on any atom is 0.275 e. The summed E-state index contributed by atoms with van der Waals surface area (Å²) in [7, 11) is 0. The number of furan rings is 1. The summed E-state index contributed by atoms with van der Waals surface area (Å²) in [5.41, 5.74) is 3.25. The van der Waals surface area contributed by atoms with Crippen molar-refractivity contribution in [3.8, 4) is 17.1 Å². The molecule has 0 bridgehead atoms. The van der Waals surface area contributed by atoms with E-state index in [1.54, 1.807) is 30.3 Å². The molecule has 3 rings (SSSR count). The van der Waals surface area contributed by atoms with E-state index in [-0.39, 0.29) is 11.3 Å². The number of hydrogen-bond acceptors (Lipinski definition) is 4. The fourth-order valence-corrected chi connectivity index (χ4v) is 2.34. The maximum absolute atomic E-state index is 11.9. The van der Waals surface area contributed by atoms with Crippen LogP contribution in [0.4, 0.5) is 0 Å². The van der Waals surface area contributed by atoms with Crippen LogP contribution in [0.25, 0.3) is 11.3 Å². The van der Waals surface area contributed by atoms with E-state index in [2.05, 4.69) is 10.5 Å². The fourth-order valence-electron chi connectivity index (χ4n) is 2.11. The van der Waals surface area contributed by atoms with Gasteiger partial charge in [0.25, 0.3) is 5.91 Å². The molecule has 0 atom stereocenters. The van der Waals surface area contributed by atoms with E-state index in [0.29, 0.717) is 16.5 Å². The zero-order valence-electron chi connectivity index (χ0n) is 12.4. The quantitative estimate of drug-likeness (QED) is 0.555. The normalized spacial score (nSPS) is 10.9. The highest BCUT2D eigenvalue weighted by molar-refractivity contribution is 6.33. The first-order valence-electron chi connectivity index (χ1n) is 7.11. The Morgan fingerprint density at radius 3 is 2.62 bits per heavy atom. The van der Waals surface area contributed by atoms with Crippen LogP contribution in [-0.2, 0) is 0 Å². The highest BCUT2D eigenvalue weighted by Crippen LogP contribution is 2.28. The Morgan fingerprint density at radius 2 is 1.83 bits per heavy atom. The Balaban J connectivity index is 1.69. The van der Waals surface area contributed by atoms with Gasteiger partial charge in [-0.1, -0.05) is 35.9 Å². The molecule has 3 aromatic rings. The number of carbonyl (C=O) groups excluding carboxylic acids is 1. The number of para-hydroxylation sites is 1. The van der Waals surface area contributed by atoms with Crippen LogP contribution in [0.2, 0.25) is 5.02 Å². The fraction of sp³-hybridized carbons (Fsp3) is 0. The summed E-state index contributed by atoms with van der Waals surface area (Å²) >= 11 is 6.12. The van der Waals surface area contributed by atoms with Gasteiger partial charge >= 0.3 is 0 Å². The molecule has 120 valence electrons. The summed E-state index contributed by atoms with van der Waals surface area (Å²) in [6.07, 6.45) is 1.37. The van der Waals surface area contributed by atoms with Crippen molar-refractivity contribution in [1.82, 2.24) is 5.43 Å². The van der Waals surface area contributed by atoms with Crippen molar-refractivity contribution in [2.24, 2.45) is 5.10 Å². The second-order valence-corrected chi connectivity index (χ2v) is 5.31. The average molecular weight is 341 g/mol. The maximum atomic E-state index is 11.9. The van der Waals surface area contributed by atoms with Crippen molar-refractivity contribution in [1.29, 1.82) is 0 Å². The Labute approximate surface area is 143 Å². The summed E-state index contributed by atoms with van der Waals surface area (Å²) in [4.78, 5) is 11.9. The molecule has 6 heteroatoms. The molecular formula is C18H13ClN2O3. The summed E-state index contributed by atoms with van der Waals surface area (Å²) in [5.74, 6) is 0.447. The molecule has 0 saturated carbocycles. The number of nitrogens with one attached hydrogen (secondary N) is 1. The largest absolute Gasteiger partial charge is 0.507 e. The molecule has 0 aliphatic heterocycles. The van der Waals surface area contributed by atoms with Crippen molar-refractivity contribution < 1.29 is 14.3 Å². The molecule has 1 heterocycles. The molecule has 2 aromatic carbocycles. The lowest BCUT2D eigenvalue weighted by atomic mass is 10.2. The Kier molecular flexibility index (Phi) is 4.63. The summed E-state index contributed by atoms with van der Waals surface area (Å²) in [6, 6.07) is 17.0. The number of benzene rings is 2. The van der Waals surface area contributed by atoms with E-state index >= 15 is 0 Å². The number of hydrazone groups is 1. The van der Waals surface area contributed by atoms with E-state index in [1.807, 2.05) is 18.2 Å². The monoisotopic (exact) mass is 340 g/mol. The zero-order valence-corrected chi connectivity index (χ0v) is 13.2. The van der Waals surface area contributed by atoms with Crippen molar-refractivity contribution in [2.75, 3.05) is 0 Å². The third kappa shape index (κ3) is 3.47. The van der Waals surface area contributed by atoms with E-state index in [1.165, 1.54) is 18.3 Å². The summed E-state index contributed by atoms with van der Waals surface area (Å²) in [6.45, 7) is 0. The number of carbonyl (C=O) groups is 1. The SMILES string of the molecule is O=C(NN=Cc1ccc(-c2ccccc2Cl)o1)c1ccccc1O. The van der Waals surface area contributed by atoms with Gasteiger partial charge in [0, 0.05) is 5.56 Å². The first-order valence-corrected chi connectivity index (χ1v) is 7.49. The minimum atomic E-state index is -0.512. The molecule has 0 unspecified atom stereocenters. The van der Waals surface area contributed by atoms with Gasteiger partial charge in [0.15, 0.2) is 0 Å². The van der Waals surface area contributed by atoms with Gasteiger partial charge in [0.05, 0.1) is 16.8 Å². The molecule has 1 aromatic heterocycles. The smallest absolute Gasteiger partial charge is 0.275 e. The van der Waals surface area contributed by atoms with Crippen LogP contribution in [0.5, 0.6) is 5.75 Å². The van der Waals surface area contributed by atoms with Crippen molar-refractivity contribution >= 4 is 23.7 Å². The molecule has 5 nitrogen and oxygen atoms in total. The van der Waals surface area contributed by atoms with Gasteiger partial charge in [0.2, 0.25) is 0 Å². The van der Waals surface area contributed by atoms with Crippen molar-refractivity contribution in [2.45, 2.75) is 0 Å². The lowest BCUT2D eigenvalue weighted by molar-refractivity contribution is 0.0952. The highest BCUT2D eigenvalue weighted by Gasteiger charge is 2.09. The minimum Gasteiger partial charge on any atom is -0.507 e. The van der Waals surface area contributed by atoms with Crippen LogP contribution < -0.4 is 5.43 Å². The minimum absolute atomic E-state index is 0.107. The van der Waals surface area contributed by atoms with Crippen molar-refractivity contribution in [3.05, 3.63) is 77.0 Å². The van der Waals surface area contributed by atoms with E-state index in [9.17, 15) is 9.90 Å². The van der Waals surface area contributed by atoms with Crippen LogP contribution in [0, 0.1) is 0 Å². The van der Waals surface area contributed by atoms with Crippen LogP contribution >= 0.6 is 11.6 Å². The van der Waals surface area contributed by atoms with E-state index in [0.717, 1.165) is 5.56 Å². The van der Waals surface area contributed by atoms with Crippen LogP contribution in [-0.4, -0.2) is 17.2 Å². The molecule has 0 fully saturated rings. The van der Waals surface area contributed by atoms with Crippen LogP contribution in [0.1, 0.15) is 16.1 Å². The van der Waals surface area contributed by atoms with Crippen molar-refractivity contribution in [3.63, 3.8) is 0 Å². The van der Waals surface area contributed by atoms with Gasteiger partial charge in [-0.2, -0.15) is 5.10 Å². The van der Waals surface area contributed by atoms with Gasteiger partial charge in [-0.3, -0.25) is 4.79 Å². The molecule has 24 heavy (non-hydrogen) atoms. The third-order valence-corrected chi connectivity index (χ3v) is 3.60. The number of phenolic OH excluding ortho intramolecular Hbond substituents is 1. The van der Waals surface area contributed by atoms with Crippen LogP contribution in [0.3, 0.4) is 0 Å². The molecular weight excluding hydrogens is 328 g/mol. The number of aromatic hydroxyl groups is 1. The third-order valence-electron chi connectivity index (χ3n) is 3.27. The van der Waals surface area contributed by atoms with Gasteiger partial charge in [-0.15, -0.1) is 0 Å². The second-order valence-electron chi connectivity index (χ2n) is 4.90. The van der Waals surface area contributed by atoms with Crippen LogP contribution in [0.15, 0.2) is 70.2 Å². The first kappa shape index (κ1) is 15.8. The average Bonchev–Trinajstić information content (AvgIpc) is 3.04. The molecule has 2 N–H and O–H groups in total. The van der Waals surface area contributed by atoms with E-state index < -0.39 is 5.91 Å². The van der Waals surface area contributed by atoms with Gasteiger partial charge in [-0.25, -0.2) is 5.43 Å². The number of amides is 1. The second kappa shape index (κ2) is 7.02. The molecule has 0 spiro atoms. The Hall–Kier alpha value is -3.05. The first-order chi connectivity index (χ1) is 11.6. The summed E-state index contributed by atoms with van der Waals surface area (Å²) in [5, 5.41) is 14.0. The predicted octanol–water partition coefficient (Wildman–Crippen LogP) is 4.07. The van der Waals surface area contributed by atoms with E-state index in [4.69, 9.17) is 16.0 Å². The highest BCUT2D eigenvalue weighted by atomic mass is 35.5. The Morgan fingerprint density at radius 1 is 1.08 bits per heavy atom. The molecule has 0 saturated heterocycles. The standard InChI is InChI=1S/C18H13ClN2O3/c19-15-7-3-1-5-13(15)17-10-9-12(24-17)11-20-21-18(23)14-6-2-4-8-16(14)22/h1-11,22H,(H,21,23). The number of halogens is 1. The summed E-state index contributed by atoms with van der Waals surface area (Å²) < 4.78 is 5.63. The molecule has 1 amide bonds. The van der Waals surface area contributed by atoms with Gasteiger partial charge in [-0.05, 0) is 36.4 Å². The number of hydrogen-bond donors (Lipinski definition) is 2. The van der Waals surface area contributed by atoms with Gasteiger partial charge in [0.1, 0.15) is 17.3 Å². The lowest BCUT2D eigenvalue weighted by Gasteiger charge is -2.01. The number of nitrogens with zero attached hydrogens (tertiary/aromatic N) is 1. The number of phenols is 1. The predicted molar refractivity (Wildman–Crippen MR) is 92.3 cm³/mol. The zero-order chi connectivity index (χ0) is 16.9. The molecule has 0 radical (unpaired) electrons.